The second kappa shape index (κ2) is 5.65. The van der Waals surface area contributed by atoms with Gasteiger partial charge in [0, 0.05) is 24.0 Å². The Balaban J connectivity index is 2.54. The smallest absolute Gasteiger partial charge is 0.305 e. The molecule has 0 aliphatic carbocycles. The van der Waals surface area contributed by atoms with Crippen LogP contribution in [0.2, 0.25) is 0 Å². The van der Waals surface area contributed by atoms with Gasteiger partial charge in [0.05, 0.1) is 6.42 Å². The lowest BCUT2D eigenvalue weighted by Crippen LogP contribution is -2.22. The first-order chi connectivity index (χ1) is 7.15. The highest BCUT2D eigenvalue weighted by Crippen LogP contribution is 2.14. The summed E-state index contributed by atoms with van der Waals surface area (Å²) in [6.45, 7) is 3.93. The fourth-order valence-electron chi connectivity index (χ4n) is 1.14. The number of aryl methyl sites for hydroxylation is 1. The Morgan fingerprint density at radius 2 is 2.33 bits per heavy atom. The van der Waals surface area contributed by atoms with Crippen LogP contribution in [0.1, 0.15) is 32.5 Å². The van der Waals surface area contributed by atoms with Crippen molar-refractivity contribution in [2.24, 2.45) is 0 Å². The number of nitrogens with zero attached hydrogens (tertiary/aromatic N) is 2. The molecule has 0 aliphatic rings. The van der Waals surface area contributed by atoms with E-state index in [4.69, 9.17) is 5.11 Å². The molecule has 0 amide bonds. The molecule has 5 nitrogen and oxygen atoms in total. The van der Waals surface area contributed by atoms with Crippen molar-refractivity contribution in [3.8, 4) is 0 Å². The van der Waals surface area contributed by atoms with Gasteiger partial charge >= 0.3 is 5.97 Å². The monoisotopic (exact) mass is 229 g/mol. The molecule has 84 valence electrons. The number of carbonyl (C=O) groups is 1. The van der Waals surface area contributed by atoms with Crippen LogP contribution < -0.4 is 5.32 Å². The molecule has 1 rings (SSSR count). The molecule has 1 aromatic rings. The minimum atomic E-state index is -0.797. The van der Waals surface area contributed by atoms with E-state index in [1.807, 2.05) is 13.8 Å². The third kappa shape index (κ3) is 3.83. The number of carboxylic acid groups (broad SMARTS) is 1. The lowest BCUT2D eigenvalue weighted by atomic mass is 10.1. The SMILES string of the molecule is CCc1nsc(NC(CC)CC(=O)O)n1. The number of rotatable bonds is 6. The fraction of sp³-hybridized carbons (Fsp3) is 0.667. The number of aromatic nitrogens is 2. The minimum absolute atomic E-state index is 0.0693. The molecule has 0 saturated heterocycles. The summed E-state index contributed by atoms with van der Waals surface area (Å²) in [6, 6.07) is -0.0693. The second-order valence-electron chi connectivity index (χ2n) is 3.22. The van der Waals surface area contributed by atoms with Crippen LogP contribution in [0.15, 0.2) is 0 Å². The highest BCUT2D eigenvalue weighted by Gasteiger charge is 2.12. The lowest BCUT2D eigenvalue weighted by molar-refractivity contribution is -0.137. The van der Waals surface area contributed by atoms with Crippen LogP contribution in [-0.4, -0.2) is 26.5 Å². The van der Waals surface area contributed by atoms with Gasteiger partial charge < -0.3 is 10.4 Å². The molecule has 0 radical (unpaired) electrons. The van der Waals surface area contributed by atoms with E-state index in [-0.39, 0.29) is 12.5 Å². The maximum absolute atomic E-state index is 10.5. The molecule has 15 heavy (non-hydrogen) atoms. The van der Waals surface area contributed by atoms with Crippen LogP contribution >= 0.6 is 11.5 Å². The van der Waals surface area contributed by atoms with E-state index in [1.165, 1.54) is 11.5 Å². The molecule has 0 fully saturated rings. The topological polar surface area (TPSA) is 75.1 Å². The molecular weight excluding hydrogens is 214 g/mol. The van der Waals surface area contributed by atoms with Gasteiger partial charge in [0.1, 0.15) is 5.82 Å². The van der Waals surface area contributed by atoms with Crippen LogP contribution in [0.5, 0.6) is 0 Å². The van der Waals surface area contributed by atoms with Crippen molar-refractivity contribution in [1.29, 1.82) is 0 Å². The number of hydrogen-bond donors (Lipinski definition) is 2. The van der Waals surface area contributed by atoms with Crippen molar-refractivity contribution in [3.63, 3.8) is 0 Å². The van der Waals surface area contributed by atoms with Crippen molar-refractivity contribution in [1.82, 2.24) is 9.36 Å². The first-order valence-electron chi connectivity index (χ1n) is 4.96. The Bertz CT molecular complexity index is 327. The van der Waals surface area contributed by atoms with E-state index in [2.05, 4.69) is 14.7 Å². The summed E-state index contributed by atoms with van der Waals surface area (Å²) in [7, 11) is 0. The molecule has 0 saturated carbocycles. The molecule has 1 aromatic heterocycles. The molecule has 0 spiro atoms. The van der Waals surface area contributed by atoms with E-state index in [9.17, 15) is 4.79 Å². The number of nitrogens with one attached hydrogen (secondary N) is 1. The Kier molecular flexibility index (Phi) is 4.48. The molecule has 1 atom stereocenters. The van der Waals surface area contributed by atoms with Gasteiger partial charge in [-0.15, -0.1) is 0 Å². The van der Waals surface area contributed by atoms with Crippen molar-refractivity contribution in [2.45, 2.75) is 39.2 Å². The molecule has 0 aliphatic heterocycles. The van der Waals surface area contributed by atoms with Crippen LogP contribution in [-0.2, 0) is 11.2 Å². The summed E-state index contributed by atoms with van der Waals surface area (Å²) in [6.07, 6.45) is 1.67. The normalized spacial score (nSPS) is 12.4. The Morgan fingerprint density at radius 3 is 2.80 bits per heavy atom. The van der Waals surface area contributed by atoms with Crippen molar-refractivity contribution in [3.05, 3.63) is 5.82 Å². The van der Waals surface area contributed by atoms with Crippen LogP contribution in [0.25, 0.3) is 0 Å². The fourth-order valence-corrected chi connectivity index (χ4v) is 1.87. The molecule has 1 unspecified atom stereocenters. The summed E-state index contributed by atoms with van der Waals surface area (Å²) in [5, 5.41) is 12.5. The lowest BCUT2D eigenvalue weighted by Gasteiger charge is -2.12. The molecule has 1 heterocycles. The molecule has 0 aromatic carbocycles. The van der Waals surface area contributed by atoms with Gasteiger partial charge in [0.2, 0.25) is 5.13 Å². The number of anilines is 1. The van der Waals surface area contributed by atoms with Gasteiger partial charge in [-0.3, -0.25) is 4.79 Å². The quantitative estimate of drug-likeness (QED) is 0.777. The van der Waals surface area contributed by atoms with E-state index >= 15 is 0 Å². The molecule has 0 bridgehead atoms. The predicted octanol–water partition coefficient (Wildman–Crippen LogP) is 1.77. The maximum Gasteiger partial charge on any atom is 0.305 e. The summed E-state index contributed by atoms with van der Waals surface area (Å²) >= 11 is 1.28. The highest BCUT2D eigenvalue weighted by atomic mass is 32.1. The molecular formula is C9H15N3O2S. The van der Waals surface area contributed by atoms with Gasteiger partial charge in [-0.2, -0.15) is 4.37 Å². The Labute approximate surface area is 92.7 Å². The predicted molar refractivity (Wildman–Crippen MR) is 59.2 cm³/mol. The van der Waals surface area contributed by atoms with Crippen molar-refractivity contribution < 1.29 is 9.90 Å². The number of aliphatic carboxylic acids is 1. The van der Waals surface area contributed by atoms with Gasteiger partial charge in [-0.25, -0.2) is 4.98 Å². The average molecular weight is 229 g/mol. The Hall–Kier alpha value is -1.17. The zero-order chi connectivity index (χ0) is 11.3. The van der Waals surface area contributed by atoms with E-state index in [1.54, 1.807) is 0 Å². The van der Waals surface area contributed by atoms with Gasteiger partial charge in [-0.05, 0) is 6.42 Å². The minimum Gasteiger partial charge on any atom is -0.481 e. The van der Waals surface area contributed by atoms with Crippen molar-refractivity contribution in [2.75, 3.05) is 5.32 Å². The van der Waals surface area contributed by atoms with Gasteiger partial charge in [-0.1, -0.05) is 13.8 Å². The van der Waals surface area contributed by atoms with Crippen LogP contribution in [0.3, 0.4) is 0 Å². The summed E-state index contributed by atoms with van der Waals surface area (Å²) < 4.78 is 4.12. The van der Waals surface area contributed by atoms with Crippen LogP contribution in [0, 0.1) is 0 Å². The third-order valence-electron chi connectivity index (χ3n) is 2.03. The standard InChI is InChI=1S/C9H15N3O2S/c1-3-6(5-8(13)14)10-9-11-7(4-2)12-15-9/h6H,3-5H2,1-2H3,(H,13,14)(H,10,11,12). The average Bonchev–Trinajstić information content (AvgIpc) is 2.64. The van der Waals surface area contributed by atoms with E-state index in [0.29, 0.717) is 5.13 Å². The summed E-state index contributed by atoms with van der Waals surface area (Å²) in [4.78, 5) is 14.8. The number of hydrogen-bond acceptors (Lipinski definition) is 5. The van der Waals surface area contributed by atoms with Gasteiger partial charge in [0.25, 0.3) is 0 Å². The summed E-state index contributed by atoms with van der Waals surface area (Å²) in [5.74, 6) is 0.00209. The van der Waals surface area contributed by atoms with Crippen LogP contribution in [0.4, 0.5) is 5.13 Å². The van der Waals surface area contributed by atoms with E-state index in [0.717, 1.165) is 18.7 Å². The van der Waals surface area contributed by atoms with Gasteiger partial charge in [0.15, 0.2) is 0 Å². The largest absolute Gasteiger partial charge is 0.481 e. The zero-order valence-corrected chi connectivity index (χ0v) is 9.67. The van der Waals surface area contributed by atoms with Crippen molar-refractivity contribution >= 4 is 22.6 Å². The highest BCUT2D eigenvalue weighted by molar-refractivity contribution is 7.09. The zero-order valence-electron chi connectivity index (χ0n) is 8.86. The van der Waals surface area contributed by atoms with E-state index < -0.39 is 5.97 Å². The molecule has 2 N–H and O–H groups in total. The maximum atomic E-state index is 10.5. The second-order valence-corrected chi connectivity index (χ2v) is 3.97. The number of carboxylic acids is 1. The first kappa shape index (κ1) is 11.9. The third-order valence-corrected chi connectivity index (χ3v) is 2.71. The molecule has 6 heteroatoms. The Morgan fingerprint density at radius 1 is 1.60 bits per heavy atom. The summed E-state index contributed by atoms with van der Waals surface area (Å²) in [5.41, 5.74) is 0. The first-order valence-corrected chi connectivity index (χ1v) is 5.74.